The summed E-state index contributed by atoms with van der Waals surface area (Å²) in [5, 5.41) is 0. The van der Waals surface area contributed by atoms with Crippen molar-refractivity contribution >= 4 is 17.9 Å². The Morgan fingerprint density at radius 3 is 1.16 bits per heavy atom. The van der Waals surface area contributed by atoms with Crippen LogP contribution in [0.3, 0.4) is 0 Å². The lowest BCUT2D eigenvalue weighted by Gasteiger charge is -2.18. The van der Waals surface area contributed by atoms with Gasteiger partial charge in [-0.25, -0.2) is 0 Å². The maximum atomic E-state index is 12.8. The first-order valence-corrected chi connectivity index (χ1v) is 26.0. The SMILES string of the molecule is CC/C=C/C=C/C=C/CCCCCCCC(=O)OCC(COC(=O)CCCCCCCCCCCCCCCCCCC)OC(=O)CCCCCC/C=C/C/C=C/C/C=C/CC. The van der Waals surface area contributed by atoms with Crippen molar-refractivity contribution in [1.82, 2.24) is 0 Å². The van der Waals surface area contributed by atoms with Crippen LogP contribution in [-0.4, -0.2) is 37.2 Å². The van der Waals surface area contributed by atoms with Gasteiger partial charge in [-0.1, -0.05) is 229 Å². The van der Waals surface area contributed by atoms with Crippen LogP contribution < -0.4 is 0 Å². The number of rotatable bonds is 46. The molecule has 0 spiro atoms. The summed E-state index contributed by atoms with van der Waals surface area (Å²) < 4.78 is 16.8. The second kappa shape index (κ2) is 50.5. The zero-order chi connectivity index (χ0) is 45.1. The Morgan fingerprint density at radius 1 is 0.355 bits per heavy atom. The van der Waals surface area contributed by atoms with Gasteiger partial charge in [0.2, 0.25) is 0 Å². The molecule has 0 radical (unpaired) electrons. The summed E-state index contributed by atoms with van der Waals surface area (Å²) in [6, 6.07) is 0. The molecule has 0 aliphatic carbocycles. The van der Waals surface area contributed by atoms with Gasteiger partial charge >= 0.3 is 17.9 Å². The Balaban J connectivity index is 4.40. The van der Waals surface area contributed by atoms with E-state index in [1.54, 1.807) is 0 Å². The van der Waals surface area contributed by atoms with Crippen LogP contribution in [0.15, 0.2) is 72.9 Å². The average molecular weight is 865 g/mol. The molecule has 1 unspecified atom stereocenters. The molecular formula is C56H96O6. The second-order valence-corrected chi connectivity index (χ2v) is 17.1. The van der Waals surface area contributed by atoms with Crippen molar-refractivity contribution < 1.29 is 28.6 Å². The van der Waals surface area contributed by atoms with E-state index in [0.717, 1.165) is 116 Å². The Labute approximate surface area is 382 Å². The van der Waals surface area contributed by atoms with Gasteiger partial charge in [0, 0.05) is 19.3 Å². The van der Waals surface area contributed by atoms with Gasteiger partial charge in [-0.05, 0) is 70.6 Å². The summed E-state index contributed by atoms with van der Waals surface area (Å²) >= 11 is 0. The van der Waals surface area contributed by atoms with Crippen LogP contribution in [-0.2, 0) is 28.6 Å². The fourth-order valence-corrected chi connectivity index (χ4v) is 7.16. The molecule has 0 aromatic rings. The number of carbonyl (C=O) groups excluding carboxylic acids is 3. The van der Waals surface area contributed by atoms with Crippen molar-refractivity contribution in [3.8, 4) is 0 Å². The molecule has 0 aromatic carbocycles. The quantitative estimate of drug-likeness (QED) is 0.0199. The smallest absolute Gasteiger partial charge is 0.306 e. The molecule has 6 heteroatoms. The molecule has 0 aromatic heterocycles. The molecule has 0 fully saturated rings. The van der Waals surface area contributed by atoms with E-state index in [4.69, 9.17) is 14.2 Å². The molecule has 0 bridgehead atoms. The highest BCUT2D eigenvalue weighted by atomic mass is 16.6. The Morgan fingerprint density at radius 2 is 0.710 bits per heavy atom. The molecule has 6 nitrogen and oxygen atoms in total. The lowest BCUT2D eigenvalue weighted by atomic mass is 10.0. The Hall–Kier alpha value is -3.15. The molecule has 0 heterocycles. The van der Waals surface area contributed by atoms with Crippen LogP contribution in [0.2, 0.25) is 0 Å². The topological polar surface area (TPSA) is 78.9 Å². The fraction of sp³-hybridized carbons (Fsp3) is 0.732. The van der Waals surface area contributed by atoms with Gasteiger partial charge in [0.25, 0.3) is 0 Å². The van der Waals surface area contributed by atoms with Gasteiger partial charge in [0.15, 0.2) is 6.10 Å². The molecule has 0 saturated carbocycles. The minimum Gasteiger partial charge on any atom is -0.462 e. The van der Waals surface area contributed by atoms with E-state index in [2.05, 4.69) is 93.7 Å². The third-order valence-electron chi connectivity index (χ3n) is 11.0. The van der Waals surface area contributed by atoms with Gasteiger partial charge in [0.05, 0.1) is 0 Å². The first kappa shape index (κ1) is 58.9. The van der Waals surface area contributed by atoms with Crippen molar-refractivity contribution in [3.63, 3.8) is 0 Å². The number of unbranched alkanes of at least 4 members (excludes halogenated alkanes) is 25. The van der Waals surface area contributed by atoms with Crippen molar-refractivity contribution in [2.75, 3.05) is 13.2 Å². The minimum atomic E-state index is -0.793. The summed E-state index contributed by atoms with van der Waals surface area (Å²) in [6.45, 7) is 6.37. The van der Waals surface area contributed by atoms with Gasteiger partial charge in [-0.15, -0.1) is 0 Å². The van der Waals surface area contributed by atoms with Crippen molar-refractivity contribution in [2.45, 2.75) is 252 Å². The normalized spacial score (nSPS) is 12.6. The third-order valence-corrected chi connectivity index (χ3v) is 11.0. The van der Waals surface area contributed by atoms with Crippen LogP contribution in [0.1, 0.15) is 245 Å². The van der Waals surface area contributed by atoms with Crippen LogP contribution >= 0.6 is 0 Å². The minimum absolute atomic E-state index is 0.0898. The molecule has 1 atom stereocenters. The zero-order valence-corrected chi connectivity index (χ0v) is 40.6. The molecule has 0 saturated heterocycles. The maximum Gasteiger partial charge on any atom is 0.306 e. The van der Waals surface area contributed by atoms with E-state index in [9.17, 15) is 14.4 Å². The summed E-state index contributed by atoms with van der Waals surface area (Å²) in [6.07, 6.45) is 63.2. The number of esters is 3. The summed E-state index contributed by atoms with van der Waals surface area (Å²) in [7, 11) is 0. The van der Waals surface area contributed by atoms with Crippen molar-refractivity contribution in [1.29, 1.82) is 0 Å². The van der Waals surface area contributed by atoms with E-state index in [1.165, 1.54) is 89.9 Å². The van der Waals surface area contributed by atoms with Gasteiger partial charge in [0.1, 0.15) is 13.2 Å². The third kappa shape index (κ3) is 47.9. The standard InChI is InChI=1S/C56H96O6/c1-4-7-10-13-16-19-22-25-27-28-29-32-34-37-40-43-46-49-55(58)61-52-53(51-60-54(57)48-45-42-39-36-33-30-24-21-18-15-12-9-6-3)62-56(59)50-47-44-41-38-35-31-26-23-20-17-14-11-8-5-2/h8-9,11-12,15,17-18,20-21,24,26,31,53H,4-7,10,13-14,16,19,22-23,25,27-30,32-52H2,1-3H3/b11-8+,12-9+,18-15+,20-17+,24-21+,31-26+. The monoisotopic (exact) mass is 865 g/mol. The van der Waals surface area contributed by atoms with Gasteiger partial charge in [-0.3, -0.25) is 14.4 Å². The second-order valence-electron chi connectivity index (χ2n) is 17.1. The highest BCUT2D eigenvalue weighted by molar-refractivity contribution is 5.71. The van der Waals surface area contributed by atoms with Crippen LogP contribution in [0.5, 0.6) is 0 Å². The van der Waals surface area contributed by atoms with Crippen LogP contribution in [0, 0.1) is 0 Å². The fourth-order valence-electron chi connectivity index (χ4n) is 7.16. The molecule has 356 valence electrons. The van der Waals surface area contributed by atoms with Crippen molar-refractivity contribution in [3.05, 3.63) is 72.9 Å². The Bertz CT molecular complexity index is 1180. The molecule has 62 heavy (non-hydrogen) atoms. The molecule has 0 rings (SSSR count). The van der Waals surface area contributed by atoms with E-state index in [0.29, 0.717) is 19.3 Å². The predicted molar refractivity (Wildman–Crippen MR) is 265 cm³/mol. The largest absolute Gasteiger partial charge is 0.462 e. The van der Waals surface area contributed by atoms with Gasteiger partial charge in [-0.2, -0.15) is 0 Å². The Kier molecular flexibility index (Phi) is 47.9. The number of hydrogen-bond donors (Lipinski definition) is 0. The zero-order valence-electron chi connectivity index (χ0n) is 40.6. The van der Waals surface area contributed by atoms with E-state index < -0.39 is 6.10 Å². The molecular weight excluding hydrogens is 769 g/mol. The summed E-state index contributed by atoms with van der Waals surface area (Å²) in [5.74, 6) is -0.930. The molecule has 0 aliphatic rings. The maximum absolute atomic E-state index is 12.8. The highest BCUT2D eigenvalue weighted by Gasteiger charge is 2.19. The number of allylic oxidation sites excluding steroid dienone is 12. The number of hydrogen-bond acceptors (Lipinski definition) is 6. The number of carbonyl (C=O) groups is 3. The molecule has 0 amide bonds. The number of ether oxygens (including phenoxy) is 3. The van der Waals surface area contributed by atoms with Crippen LogP contribution in [0.25, 0.3) is 0 Å². The lowest BCUT2D eigenvalue weighted by molar-refractivity contribution is -0.167. The van der Waals surface area contributed by atoms with Gasteiger partial charge < -0.3 is 14.2 Å². The average Bonchev–Trinajstić information content (AvgIpc) is 3.27. The van der Waals surface area contributed by atoms with Crippen molar-refractivity contribution in [2.24, 2.45) is 0 Å². The first-order valence-electron chi connectivity index (χ1n) is 26.0. The predicted octanol–water partition coefficient (Wildman–Crippen LogP) is 17.0. The van der Waals surface area contributed by atoms with E-state index in [1.807, 2.05) is 0 Å². The van der Waals surface area contributed by atoms with E-state index >= 15 is 0 Å². The summed E-state index contributed by atoms with van der Waals surface area (Å²) in [5.41, 5.74) is 0. The molecule has 0 aliphatic heterocycles. The highest BCUT2D eigenvalue weighted by Crippen LogP contribution is 2.15. The van der Waals surface area contributed by atoms with E-state index in [-0.39, 0.29) is 31.1 Å². The molecule has 0 N–H and O–H groups in total. The first-order chi connectivity index (χ1) is 30.5. The lowest BCUT2D eigenvalue weighted by Crippen LogP contribution is -2.30. The summed E-state index contributed by atoms with van der Waals surface area (Å²) in [4.78, 5) is 38.0. The van der Waals surface area contributed by atoms with Crippen LogP contribution in [0.4, 0.5) is 0 Å².